The summed E-state index contributed by atoms with van der Waals surface area (Å²) in [6.07, 6.45) is 1.98. The summed E-state index contributed by atoms with van der Waals surface area (Å²) < 4.78 is 13.2. The number of hydrogen-bond donors (Lipinski definition) is 1. The van der Waals surface area contributed by atoms with Gasteiger partial charge >= 0.3 is 0 Å². The molecule has 3 nitrogen and oxygen atoms in total. The summed E-state index contributed by atoms with van der Waals surface area (Å²) in [5.74, 6) is 0.499. The average molecular weight is 298 g/mol. The van der Waals surface area contributed by atoms with Crippen LogP contribution in [0.1, 0.15) is 25.0 Å². The molecule has 0 aliphatic heterocycles. The van der Waals surface area contributed by atoms with Crippen molar-refractivity contribution in [2.75, 3.05) is 19.8 Å². The van der Waals surface area contributed by atoms with Gasteiger partial charge < -0.3 is 5.32 Å². The van der Waals surface area contributed by atoms with Crippen LogP contribution in [0.25, 0.3) is 0 Å². The molecule has 1 rings (SSSR count). The molecule has 1 N–H and O–H groups in total. The maximum Gasteiger partial charge on any atom is 0.234 e. The molecule has 112 valence electrons. The van der Waals surface area contributed by atoms with E-state index in [0.717, 1.165) is 16.9 Å². The molecule has 20 heavy (non-hydrogen) atoms. The number of benzene rings is 1. The van der Waals surface area contributed by atoms with Gasteiger partial charge in [-0.05, 0) is 50.4 Å². The Morgan fingerprint density at radius 2 is 2.10 bits per heavy atom. The molecule has 0 radical (unpaired) electrons. The highest BCUT2D eigenvalue weighted by Gasteiger charge is 2.10. The summed E-state index contributed by atoms with van der Waals surface area (Å²) in [4.78, 5) is 13.8. The van der Waals surface area contributed by atoms with E-state index >= 15 is 0 Å². The second-order valence-electron chi connectivity index (χ2n) is 5.13. The number of nitrogens with one attached hydrogen (secondary N) is 1. The Bertz CT molecular complexity index is 451. The molecule has 0 atom stereocenters. The molecule has 0 bridgehead atoms. The van der Waals surface area contributed by atoms with Crippen molar-refractivity contribution in [1.29, 1.82) is 0 Å². The summed E-state index contributed by atoms with van der Waals surface area (Å²) in [5, 5.41) is 2.89. The molecule has 1 aromatic rings. The molecule has 0 aliphatic rings. The number of hydrogen-bond acceptors (Lipinski definition) is 3. The van der Waals surface area contributed by atoms with Gasteiger partial charge in [0.1, 0.15) is 5.82 Å². The third-order valence-electron chi connectivity index (χ3n) is 3.22. The zero-order chi connectivity index (χ0) is 15.1. The van der Waals surface area contributed by atoms with Crippen LogP contribution in [0.5, 0.6) is 0 Å². The van der Waals surface area contributed by atoms with Gasteiger partial charge in [-0.15, -0.1) is 0 Å². The molecule has 0 unspecified atom stereocenters. The Labute approximate surface area is 124 Å². The summed E-state index contributed by atoms with van der Waals surface area (Å²) >= 11 is 1.64. The van der Waals surface area contributed by atoms with Crippen molar-refractivity contribution in [1.82, 2.24) is 10.2 Å². The van der Waals surface area contributed by atoms with Crippen molar-refractivity contribution in [2.24, 2.45) is 0 Å². The molecule has 1 amide bonds. The van der Waals surface area contributed by atoms with Crippen molar-refractivity contribution in [3.63, 3.8) is 0 Å². The van der Waals surface area contributed by atoms with Crippen LogP contribution in [0.4, 0.5) is 4.39 Å². The van der Waals surface area contributed by atoms with Crippen LogP contribution in [-0.4, -0.2) is 36.7 Å². The topological polar surface area (TPSA) is 32.3 Å². The second-order valence-corrected chi connectivity index (χ2v) is 6.00. The molecular formula is C15H23FN2OS. The highest BCUT2D eigenvalue weighted by molar-refractivity contribution is 7.97. The number of amides is 1. The lowest BCUT2D eigenvalue weighted by molar-refractivity contribution is -0.122. The molecule has 0 saturated carbocycles. The summed E-state index contributed by atoms with van der Waals surface area (Å²) in [6.45, 7) is 4.91. The van der Waals surface area contributed by atoms with E-state index in [1.807, 2.05) is 32.1 Å². The van der Waals surface area contributed by atoms with E-state index in [4.69, 9.17) is 0 Å². The summed E-state index contributed by atoms with van der Waals surface area (Å²) in [6, 6.07) is 5.05. The largest absolute Gasteiger partial charge is 0.351 e. The zero-order valence-corrected chi connectivity index (χ0v) is 13.4. The monoisotopic (exact) mass is 298 g/mol. The van der Waals surface area contributed by atoms with E-state index in [9.17, 15) is 9.18 Å². The minimum Gasteiger partial charge on any atom is -0.351 e. The highest BCUT2D eigenvalue weighted by Crippen LogP contribution is 2.16. The lowest BCUT2D eigenvalue weighted by Crippen LogP contribution is -2.38. The van der Waals surface area contributed by atoms with Gasteiger partial charge in [-0.3, -0.25) is 9.69 Å². The van der Waals surface area contributed by atoms with Gasteiger partial charge in [-0.2, -0.15) is 11.8 Å². The van der Waals surface area contributed by atoms with Gasteiger partial charge in [0.15, 0.2) is 0 Å². The first kappa shape index (κ1) is 17.0. The van der Waals surface area contributed by atoms with Gasteiger partial charge in [-0.25, -0.2) is 4.39 Å². The molecular weight excluding hydrogens is 275 g/mol. The van der Waals surface area contributed by atoms with Crippen LogP contribution < -0.4 is 5.32 Å². The molecule has 0 fully saturated rings. The maximum atomic E-state index is 13.2. The molecule has 0 heterocycles. The van der Waals surface area contributed by atoms with E-state index < -0.39 is 0 Å². The highest BCUT2D eigenvalue weighted by atomic mass is 32.2. The molecule has 0 spiro atoms. The Balaban J connectivity index is 2.59. The Kier molecular flexibility index (Phi) is 7.02. The van der Waals surface area contributed by atoms with Crippen molar-refractivity contribution in [3.05, 3.63) is 35.1 Å². The smallest absolute Gasteiger partial charge is 0.234 e. The fourth-order valence-corrected chi connectivity index (χ4v) is 2.30. The molecule has 0 saturated heterocycles. The molecule has 5 heteroatoms. The van der Waals surface area contributed by atoms with Crippen LogP contribution >= 0.6 is 11.8 Å². The maximum absolute atomic E-state index is 13.2. The van der Waals surface area contributed by atoms with Crippen LogP contribution in [-0.2, 0) is 17.1 Å². The van der Waals surface area contributed by atoms with Crippen LogP contribution in [0.3, 0.4) is 0 Å². The molecule has 0 aliphatic carbocycles. The normalized spacial score (nSPS) is 11.2. The van der Waals surface area contributed by atoms with E-state index in [2.05, 4.69) is 5.32 Å². The van der Waals surface area contributed by atoms with Gasteiger partial charge in [0, 0.05) is 18.3 Å². The van der Waals surface area contributed by atoms with Gasteiger partial charge in [0.05, 0.1) is 6.54 Å². The fourth-order valence-electron chi connectivity index (χ4n) is 1.72. The van der Waals surface area contributed by atoms with Crippen LogP contribution in [0, 0.1) is 5.82 Å². The second kappa shape index (κ2) is 8.27. The third kappa shape index (κ3) is 5.51. The standard InChI is InChI=1S/C15H23FN2OS/c1-11(2)18(3)9-15(19)17-8-12-5-6-14(16)7-13(12)10-20-4/h5-7,11H,8-10H2,1-4H3,(H,17,19). The number of carbonyl (C=O) groups excluding carboxylic acids is 1. The number of thioether (sulfide) groups is 1. The number of halogens is 1. The van der Waals surface area contributed by atoms with Crippen LogP contribution in [0.2, 0.25) is 0 Å². The number of carbonyl (C=O) groups is 1. The van der Waals surface area contributed by atoms with E-state index in [1.54, 1.807) is 17.8 Å². The van der Waals surface area contributed by atoms with Crippen molar-refractivity contribution in [3.8, 4) is 0 Å². The van der Waals surface area contributed by atoms with E-state index in [0.29, 0.717) is 19.1 Å². The molecule has 1 aromatic carbocycles. The first-order chi connectivity index (χ1) is 9.43. The average Bonchev–Trinajstić information content (AvgIpc) is 2.38. The zero-order valence-electron chi connectivity index (χ0n) is 12.6. The summed E-state index contributed by atoms with van der Waals surface area (Å²) in [7, 11) is 1.92. The third-order valence-corrected chi connectivity index (χ3v) is 3.82. The Hall–Kier alpha value is -1.07. The summed E-state index contributed by atoms with van der Waals surface area (Å²) in [5.41, 5.74) is 1.91. The number of rotatable bonds is 7. The quantitative estimate of drug-likeness (QED) is 0.840. The fraction of sp³-hybridized carbons (Fsp3) is 0.533. The van der Waals surface area contributed by atoms with Crippen molar-refractivity contribution in [2.45, 2.75) is 32.2 Å². The van der Waals surface area contributed by atoms with Gasteiger partial charge in [0.2, 0.25) is 5.91 Å². The van der Waals surface area contributed by atoms with E-state index in [1.165, 1.54) is 12.1 Å². The first-order valence-electron chi connectivity index (χ1n) is 6.67. The minimum absolute atomic E-state index is 0.0133. The first-order valence-corrected chi connectivity index (χ1v) is 8.06. The molecule has 0 aromatic heterocycles. The predicted octanol–water partition coefficient (Wildman–Crippen LogP) is 2.65. The van der Waals surface area contributed by atoms with Gasteiger partial charge in [-0.1, -0.05) is 6.07 Å². The Morgan fingerprint density at radius 3 is 2.70 bits per heavy atom. The number of likely N-dealkylation sites (N-methyl/N-ethyl adjacent to an activating group) is 1. The van der Waals surface area contributed by atoms with Gasteiger partial charge in [0.25, 0.3) is 0 Å². The van der Waals surface area contributed by atoms with Crippen molar-refractivity contribution < 1.29 is 9.18 Å². The lowest BCUT2D eigenvalue weighted by atomic mass is 10.1. The minimum atomic E-state index is -0.233. The van der Waals surface area contributed by atoms with E-state index in [-0.39, 0.29) is 11.7 Å². The van der Waals surface area contributed by atoms with Crippen LogP contribution in [0.15, 0.2) is 18.2 Å². The number of nitrogens with zero attached hydrogens (tertiary/aromatic N) is 1. The SMILES string of the molecule is CSCc1cc(F)ccc1CNC(=O)CN(C)C(C)C. The Morgan fingerprint density at radius 1 is 1.40 bits per heavy atom. The van der Waals surface area contributed by atoms with Crippen molar-refractivity contribution >= 4 is 17.7 Å². The lowest BCUT2D eigenvalue weighted by Gasteiger charge is -2.20. The predicted molar refractivity (Wildman–Crippen MR) is 83.2 cm³/mol.